The molecule has 0 spiro atoms. The molecule has 0 aliphatic heterocycles. The first-order valence-corrected chi connectivity index (χ1v) is 5.29. The Kier molecular flexibility index (Phi) is 3.41. The van der Waals surface area contributed by atoms with Gasteiger partial charge in [-0.2, -0.15) is 4.98 Å². The minimum atomic E-state index is 0.367. The molecule has 2 rings (SSSR count). The van der Waals surface area contributed by atoms with Crippen LogP contribution >= 0.6 is 11.6 Å². The summed E-state index contributed by atoms with van der Waals surface area (Å²) in [5.41, 5.74) is 3.32. The standard InChI is InChI=1S/C11H11ClN4O/c1-7-4-8(12)2-3-9(7)17-11-6-14-5-10(15-11)16-13/h2-6H,13H2,1H3,(H,15,16). The van der Waals surface area contributed by atoms with Gasteiger partial charge in [0.1, 0.15) is 5.75 Å². The minimum absolute atomic E-state index is 0.367. The highest BCUT2D eigenvalue weighted by Gasteiger charge is 2.04. The van der Waals surface area contributed by atoms with Crippen LogP contribution in [0.25, 0.3) is 0 Å². The topological polar surface area (TPSA) is 73.1 Å². The quantitative estimate of drug-likeness (QED) is 0.647. The van der Waals surface area contributed by atoms with E-state index in [2.05, 4.69) is 15.4 Å². The van der Waals surface area contributed by atoms with Crippen molar-refractivity contribution in [2.75, 3.05) is 5.43 Å². The Labute approximate surface area is 104 Å². The number of halogens is 1. The molecule has 0 saturated heterocycles. The average Bonchev–Trinajstić information content (AvgIpc) is 2.33. The number of ether oxygens (including phenoxy) is 1. The molecular formula is C11H11ClN4O. The van der Waals surface area contributed by atoms with E-state index < -0.39 is 0 Å². The highest BCUT2D eigenvalue weighted by molar-refractivity contribution is 6.30. The molecule has 5 nitrogen and oxygen atoms in total. The van der Waals surface area contributed by atoms with E-state index in [-0.39, 0.29) is 0 Å². The van der Waals surface area contributed by atoms with E-state index in [1.165, 1.54) is 12.4 Å². The number of hydrazine groups is 1. The molecule has 1 aromatic heterocycles. The van der Waals surface area contributed by atoms with Crippen molar-refractivity contribution in [1.82, 2.24) is 9.97 Å². The van der Waals surface area contributed by atoms with Crippen LogP contribution in [0.5, 0.6) is 11.6 Å². The molecule has 88 valence electrons. The highest BCUT2D eigenvalue weighted by atomic mass is 35.5. The zero-order valence-corrected chi connectivity index (χ0v) is 9.90. The van der Waals surface area contributed by atoms with Gasteiger partial charge < -0.3 is 10.2 Å². The Balaban J connectivity index is 2.25. The molecule has 0 fully saturated rings. The third-order valence-corrected chi connectivity index (χ3v) is 2.35. The van der Waals surface area contributed by atoms with Crippen LogP contribution in [-0.2, 0) is 0 Å². The first-order valence-electron chi connectivity index (χ1n) is 4.91. The van der Waals surface area contributed by atoms with Crippen LogP contribution in [0.4, 0.5) is 5.82 Å². The predicted octanol–water partition coefficient (Wildman–Crippen LogP) is 2.52. The molecule has 2 aromatic rings. The van der Waals surface area contributed by atoms with Gasteiger partial charge in [0.2, 0.25) is 5.88 Å². The number of anilines is 1. The van der Waals surface area contributed by atoms with Crippen LogP contribution in [0, 0.1) is 6.92 Å². The molecule has 3 N–H and O–H groups in total. The van der Waals surface area contributed by atoms with Crippen LogP contribution < -0.4 is 16.0 Å². The molecule has 0 saturated carbocycles. The van der Waals surface area contributed by atoms with Crippen LogP contribution in [-0.4, -0.2) is 9.97 Å². The maximum absolute atomic E-state index is 5.86. The van der Waals surface area contributed by atoms with Crippen molar-refractivity contribution in [2.24, 2.45) is 5.84 Å². The van der Waals surface area contributed by atoms with Crippen LogP contribution in [0.15, 0.2) is 30.6 Å². The van der Waals surface area contributed by atoms with Gasteiger partial charge in [0.25, 0.3) is 0 Å². The number of nitrogens with two attached hydrogens (primary N) is 1. The van der Waals surface area contributed by atoms with E-state index in [0.29, 0.717) is 22.5 Å². The number of nitrogens with zero attached hydrogens (tertiary/aromatic N) is 2. The number of aromatic nitrogens is 2. The van der Waals surface area contributed by atoms with Gasteiger partial charge in [0.15, 0.2) is 5.82 Å². The van der Waals surface area contributed by atoms with Gasteiger partial charge in [-0.25, -0.2) is 5.84 Å². The summed E-state index contributed by atoms with van der Waals surface area (Å²) in [6.45, 7) is 1.90. The largest absolute Gasteiger partial charge is 0.437 e. The fourth-order valence-electron chi connectivity index (χ4n) is 1.31. The molecule has 0 atom stereocenters. The van der Waals surface area contributed by atoms with Crippen molar-refractivity contribution in [2.45, 2.75) is 6.92 Å². The molecular weight excluding hydrogens is 240 g/mol. The number of hydrogen-bond donors (Lipinski definition) is 2. The monoisotopic (exact) mass is 250 g/mol. The van der Waals surface area contributed by atoms with Crippen molar-refractivity contribution in [3.63, 3.8) is 0 Å². The van der Waals surface area contributed by atoms with E-state index in [0.717, 1.165) is 5.56 Å². The number of rotatable bonds is 3. The highest BCUT2D eigenvalue weighted by Crippen LogP contribution is 2.26. The normalized spacial score (nSPS) is 10.1. The fraction of sp³-hybridized carbons (Fsp3) is 0.0909. The molecule has 0 bridgehead atoms. The van der Waals surface area contributed by atoms with Gasteiger partial charge in [-0.3, -0.25) is 4.98 Å². The molecule has 0 aliphatic carbocycles. The Morgan fingerprint density at radius 1 is 1.35 bits per heavy atom. The lowest BCUT2D eigenvalue weighted by molar-refractivity contribution is 0.457. The summed E-state index contributed by atoms with van der Waals surface area (Å²) in [5.74, 6) is 6.72. The molecule has 0 amide bonds. The molecule has 0 aliphatic rings. The molecule has 0 radical (unpaired) electrons. The SMILES string of the molecule is Cc1cc(Cl)ccc1Oc1cncc(NN)n1. The first kappa shape index (κ1) is 11.6. The maximum Gasteiger partial charge on any atom is 0.239 e. The molecule has 17 heavy (non-hydrogen) atoms. The van der Waals surface area contributed by atoms with Gasteiger partial charge >= 0.3 is 0 Å². The number of nitrogen functional groups attached to an aromatic ring is 1. The fourth-order valence-corrected chi connectivity index (χ4v) is 1.53. The zero-order chi connectivity index (χ0) is 12.3. The number of aryl methyl sites for hydroxylation is 1. The Morgan fingerprint density at radius 2 is 2.18 bits per heavy atom. The molecule has 6 heteroatoms. The summed E-state index contributed by atoms with van der Waals surface area (Å²) in [6, 6.07) is 5.35. The second-order valence-electron chi connectivity index (χ2n) is 3.40. The van der Waals surface area contributed by atoms with Crippen LogP contribution in [0.3, 0.4) is 0 Å². The Morgan fingerprint density at radius 3 is 2.88 bits per heavy atom. The summed E-state index contributed by atoms with van der Waals surface area (Å²) in [7, 11) is 0. The van der Waals surface area contributed by atoms with Crippen molar-refractivity contribution < 1.29 is 4.74 Å². The van der Waals surface area contributed by atoms with Crippen molar-refractivity contribution in [1.29, 1.82) is 0 Å². The van der Waals surface area contributed by atoms with Gasteiger partial charge in [0, 0.05) is 5.02 Å². The van der Waals surface area contributed by atoms with Crippen molar-refractivity contribution in [3.8, 4) is 11.6 Å². The maximum atomic E-state index is 5.86. The minimum Gasteiger partial charge on any atom is -0.437 e. The van der Waals surface area contributed by atoms with E-state index in [1.54, 1.807) is 12.1 Å². The number of benzene rings is 1. The van der Waals surface area contributed by atoms with Gasteiger partial charge in [-0.05, 0) is 30.7 Å². The van der Waals surface area contributed by atoms with Gasteiger partial charge in [-0.15, -0.1) is 0 Å². The summed E-state index contributed by atoms with van der Waals surface area (Å²) in [5, 5.41) is 0.665. The predicted molar refractivity (Wildman–Crippen MR) is 66.1 cm³/mol. The lowest BCUT2D eigenvalue weighted by Gasteiger charge is -2.08. The third-order valence-electron chi connectivity index (χ3n) is 2.11. The first-order chi connectivity index (χ1) is 8.19. The molecule has 1 aromatic carbocycles. The molecule has 0 unspecified atom stereocenters. The number of nitrogens with one attached hydrogen (secondary N) is 1. The lowest BCUT2D eigenvalue weighted by atomic mass is 10.2. The van der Waals surface area contributed by atoms with E-state index in [4.69, 9.17) is 22.2 Å². The van der Waals surface area contributed by atoms with Crippen molar-refractivity contribution >= 4 is 17.4 Å². The van der Waals surface area contributed by atoms with E-state index in [1.807, 2.05) is 13.0 Å². The van der Waals surface area contributed by atoms with Gasteiger partial charge in [0.05, 0.1) is 12.4 Å². The third kappa shape index (κ3) is 2.83. The van der Waals surface area contributed by atoms with Crippen molar-refractivity contribution in [3.05, 3.63) is 41.2 Å². The molecule has 1 heterocycles. The summed E-state index contributed by atoms with van der Waals surface area (Å²) >= 11 is 5.86. The van der Waals surface area contributed by atoms with Crippen LogP contribution in [0.2, 0.25) is 5.02 Å². The second-order valence-corrected chi connectivity index (χ2v) is 3.84. The van der Waals surface area contributed by atoms with E-state index >= 15 is 0 Å². The number of hydrogen-bond acceptors (Lipinski definition) is 5. The average molecular weight is 251 g/mol. The lowest BCUT2D eigenvalue weighted by Crippen LogP contribution is -2.09. The summed E-state index contributed by atoms with van der Waals surface area (Å²) in [6.07, 6.45) is 3.01. The van der Waals surface area contributed by atoms with E-state index in [9.17, 15) is 0 Å². The Bertz CT molecular complexity index is 533. The van der Waals surface area contributed by atoms with Crippen LogP contribution in [0.1, 0.15) is 5.56 Å². The summed E-state index contributed by atoms with van der Waals surface area (Å²) < 4.78 is 5.58. The second kappa shape index (κ2) is 4.99. The Hall–Kier alpha value is -1.85. The smallest absolute Gasteiger partial charge is 0.239 e. The zero-order valence-electron chi connectivity index (χ0n) is 9.14. The van der Waals surface area contributed by atoms with Gasteiger partial charge in [-0.1, -0.05) is 11.6 Å². The summed E-state index contributed by atoms with van der Waals surface area (Å²) in [4.78, 5) is 8.04.